The Labute approximate surface area is 120 Å². The maximum absolute atomic E-state index is 9.85. The van der Waals surface area contributed by atoms with Gasteiger partial charge < -0.3 is 15.2 Å². The first-order valence-electron chi connectivity index (χ1n) is 6.59. The van der Waals surface area contributed by atoms with Crippen molar-refractivity contribution in [2.45, 2.75) is 45.4 Å². The molecular formula is C15H24ClNO2. The minimum absolute atomic E-state index is 0.142. The van der Waals surface area contributed by atoms with Gasteiger partial charge in [-0.15, -0.1) is 0 Å². The van der Waals surface area contributed by atoms with Gasteiger partial charge in [-0.05, 0) is 45.4 Å². The molecule has 0 radical (unpaired) electrons. The van der Waals surface area contributed by atoms with Gasteiger partial charge in [-0.3, -0.25) is 0 Å². The summed E-state index contributed by atoms with van der Waals surface area (Å²) in [6.07, 6.45) is -0.513. The molecule has 4 heteroatoms. The number of halogens is 1. The quantitative estimate of drug-likeness (QED) is 0.843. The van der Waals surface area contributed by atoms with Crippen LogP contribution in [0.5, 0.6) is 0 Å². The van der Waals surface area contributed by atoms with Gasteiger partial charge in [0.2, 0.25) is 0 Å². The van der Waals surface area contributed by atoms with Gasteiger partial charge in [-0.1, -0.05) is 23.7 Å². The molecule has 19 heavy (non-hydrogen) atoms. The molecule has 2 N–H and O–H groups in total. The normalized spacial score (nSPS) is 15.3. The van der Waals surface area contributed by atoms with Gasteiger partial charge in [0.15, 0.2) is 0 Å². The van der Waals surface area contributed by atoms with Crippen LogP contribution < -0.4 is 5.32 Å². The number of aliphatic hydroxyl groups excluding tert-OH is 1. The lowest BCUT2D eigenvalue weighted by molar-refractivity contribution is -0.0482. The predicted molar refractivity (Wildman–Crippen MR) is 79.6 cm³/mol. The summed E-state index contributed by atoms with van der Waals surface area (Å²) in [7, 11) is 0. The van der Waals surface area contributed by atoms with Crippen LogP contribution in [-0.4, -0.2) is 30.0 Å². The summed E-state index contributed by atoms with van der Waals surface area (Å²) in [5.74, 6) is 0. The van der Waals surface area contributed by atoms with Crippen LogP contribution in [0, 0.1) is 0 Å². The van der Waals surface area contributed by atoms with E-state index in [9.17, 15) is 5.11 Å². The van der Waals surface area contributed by atoms with Crippen LogP contribution in [0.1, 0.15) is 39.3 Å². The van der Waals surface area contributed by atoms with Crippen molar-refractivity contribution in [2.75, 3.05) is 13.2 Å². The second kappa shape index (κ2) is 7.25. The lowest BCUT2D eigenvalue weighted by Crippen LogP contribution is -2.34. The summed E-state index contributed by atoms with van der Waals surface area (Å²) in [5.41, 5.74) is 0.885. The average Bonchev–Trinajstić information content (AvgIpc) is 2.32. The zero-order valence-corrected chi connectivity index (χ0v) is 12.9. The minimum Gasteiger partial charge on any atom is -0.389 e. The SMILES string of the molecule is CC(NCC(O)COC(C)(C)C)c1cccc(Cl)c1. The van der Waals surface area contributed by atoms with E-state index in [0.29, 0.717) is 13.2 Å². The molecule has 108 valence electrons. The van der Waals surface area contributed by atoms with Crippen LogP contribution in [0.2, 0.25) is 5.02 Å². The molecule has 0 saturated heterocycles. The number of benzene rings is 1. The largest absolute Gasteiger partial charge is 0.389 e. The van der Waals surface area contributed by atoms with Gasteiger partial charge in [0, 0.05) is 17.6 Å². The molecule has 1 aromatic carbocycles. The van der Waals surface area contributed by atoms with Crippen molar-refractivity contribution >= 4 is 11.6 Å². The monoisotopic (exact) mass is 285 g/mol. The fourth-order valence-corrected chi connectivity index (χ4v) is 1.81. The molecule has 0 spiro atoms. The number of aliphatic hydroxyl groups is 1. The summed E-state index contributed by atoms with van der Waals surface area (Å²) in [5, 5.41) is 13.8. The Hall–Kier alpha value is -0.610. The second-order valence-electron chi connectivity index (χ2n) is 5.76. The predicted octanol–water partition coefficient (Wildman–Crippen LogP) is 3.17. The molecule has 1 aromatic rings. The van der Waals surface area contributed by atoms with E-state index in [0.717, 1.165) is 10.6 Å². The van der Waals surface area contributed by atoms with Gasteiger partial charge in [0.1, 0.15) is 0 Å². The summed E-state index contributed by atoms with van der Waals surface area (Å²) in [6.45, 7) is 8.79. The first kappa shape index (κ1) is 16.4. The standard InChI is InChI=1S/C15H24ClNO2/c1-11(12-6-5-7-13(16)8-12)17-9-14(18)10-19-15(2,3)4/h5-8,11,14,17-18H,9-10H2,1-4H3. The Morgan fingerprint density at radius 3 is 2.63 bits per heavy atom. The first-order valence-corrected chi connectivity index (χ1v) is 6.96. The van der Waals surface area contributed by atoms with E-state index in [-0.39, 0.29) is 11.6 Å². The molecule has 0 amide bonds. The van der Waals surface area contributed by atoms with Crippen molar-refractivity contribution in [1.29, 1.82) is 0 Å². The Balaban J connectivity index is 2.36. The molecule has 0 aromatic heterocycles. The van der Waals surface area contributed by atoms with E-state index < -0.39 is 6.10 Å². The molecular weight excluding hydrogens is 262 g/mol. The number of hydrogen-bond donors (Lipinski definition) is 2. The van der Waals surface area contributed by atoms with Crippen molar-refractivity contribution in [3.63, 3.8) is 0 Å². The molecule has 0 aliphatic carbocycles. The summed E-state index contributed by atoms with van der Waals surface area (Å²) < 4.78 is 5.54. The summed E-state index contributed by atoms with van der Waals surface area (Å²) in [6, 6.07) is 7.86. The third-order valence-corrected chi connectivity index (χ3v) is 2.95. The third-order valence-electron chi connectivity index (χ3n) is 2.72. The fraction of sp³-hybridized carbons (Fsp3) is 0.600. The Bertz CT molecular complexity index is 390. The van der Waals surface area contributed by atoms with Gasteiger partial charge in [-0.2, -0.15) is 0 Å². The Morgan fingerprint density at radius 2 is 2.05 bits per heavy atom. The van der Waals surface area contributed by atoms with Crippen LogP contribution in [-0.2, 0) is 4.74 Å². The van der Waals surface area contributed by atoms with Crippen LogP contribution in [0.4, 0.5) is 0 Å². The molecule has 0 fully saturated rings. The van der Waals surface area contributed by atoms with E-state index in [4.69, 9.17) is 16.3 Å². The molecule has 1 rings (SSSR count). The topological polar surface area (TPSA) is 41.5 Å². The molecule has 2 unspecified atom stereocenters. The zero-order chi connectivity index (χ0) is 14.5. The molecule has 0 bridgehead atoms. The van der Waals surface area contributed by atoms with Crippen molar-refractivity contribution in [2.24, 2.45) is 0 Å². The van der Waals surface area contributed by atoms with Crippen molar-refractivity contribution < 1.29 is 9.84 Å². The average molecular weight is 286 g/mol. The van der Waals surface area contributed by atoms with E-state index in [2.05, 4.69) is 5.32 Å². The molecule has 0 heterocycles. The highest BCUT2D eigenvalue weighted by molar-refractivity contribution is 6.30. The van der Waals surface area contributed by atoms with Crippen molar-refractivity contribution in [3.8, 4) is 0 Å². The lowest BCUT2D eigenvalue weighted by atomic mass is 10.1. The smallest absolute Gasteiger partial charge is 0.0898 e. The van der Waals surface area contributed by atoms with Crippen molar-refractivity contribution in [1.82, 2.24) is 5.32 Å². The van der Waals surface area contributed by atoms with Gasteiger partial charge in [-0.25, -0.2) is 0 Å². The second-order valence-corrected chi connectivity index (χ2v) is 6.20. The van der Waals surface area contributed by atoms with E-state index in [1.54, 1.807) is 0 Å². The molecule has 0 saturated carbocycles. The minimum atomic E-state index is -0.513. The lowest BCUT2D eigenvalue weighted by Gasteiger charge is -2.23. The highest BCUT2D eigenvalue weighted by Gasteiger charge is 2.14. The van der Waals surface area contributed by atoms with E-state index >= 15 is 0 Å². The maximum atomic E-state index is 9.85. The number of ether oxygens (including phenoxy) is 1. The van der Waals surface area contributed by atoms with Crippen LogP contribution in [0.25, 0.3) is 0 Å². The maximum Gasteiger partial charge on any atom is 0.0898 e. The zero-order valence-electron chi connectivity index (χ0n) is 12.1. The van der Waals surface area contributed by atoms with Gasteiger partial charge in [0.05, 0.1) is 18.3 Å². The van der Waals surface area contributed by atoms with Crippen LogP contribution in [0.3, 0.4) is 0 Å². The fourth-order valence-electron chi connectivity index (χ4n) is 1.61. The highest BCUT2D eigenvalue weighted by atomic mass is 35.5. The highest BCUT2D eigenvalue weighted by Crippen LogP contribution is 2.17. The summed E-state index contributed by atoms with van der Waals surface area (Å²) >= 11 is 5.95. The van der Waals surface area contributed by atoms with Crippen LogP contribution >= 0.6 is 11.6 Å². The number of rotatable bonds is 6. The van der Waals surface area contributed by atoms with E-state index in [1.807, 2.05) is 52.0 Å². The molecule has 0 aliphatic heterocycles. The van der Waals surface area contributed by atoms with Crippen LogP contribution in [0.15, 0.2) is 24.3 Å². The van der Waals surface area contributed by atoms with Gasteiger partial charge >= 0.3 is 0 Å². The number of hydrogen-bond acceptors (Lipinski definition) is 3. The Kier molecular flexibility index (Phi) is 6.27. The first-order chi connectivity index (χ1) is 8.78. The van der Waals surface area contributed by atoms with E-state index in [1.165, 1.54) is 0 Å². The van der Waals surface area contributed by atoms with Crippen molar-refractivity contribution in [3.05, 3.63) is 34.9 Å². The number of nitrogens with one attached hydrogen (secondary N) is 1. The molecule has 0 aliphatic rings. The summed E-state index contributed by atoms with van der Waals surface area (Å²) in [4.78, 5) is 0. The third kappa shape index (κ3) is 6.92. The molecule has 3 nitrogen and oxygen atoms in total. The molecule has 2 atom stereocenters. The Morgan fingerprint density at radius 1 is 1.37 bits per heavy atom. The van der Waals surface area contributed by atoms with Gasteiger partial charge in [0.25, 0.3) is 0 Å².